The van der Waals surface area contributed by atoms with Crippen molar-refractivity contribution in [1.29, 1.82) is 0 Å². The smallest absolute Gasteiger partial charge is 0.163 e. The zero-order valence-corrected chi connectivity index (χ0v) is 8.51. The molecular formula is C11H11ClO2. The molecule has 0 radical (unpaired) electrons. The second kappa shape index (κ2) is 4.01. The number of Topliss-reactive ketones (excluding diaryl/α,β-unsaturated/α-hetero) is 1. The van der Waals surface area contributed by atoms with E-state index in [1.54, 1.807) is 0 Å². The summed E-state index contributed by atoms with van der Waals surface area (Å²) in [5, 5.41) is 0. The van der Waals surface area contributed by atoms with Crippen molar-refractivity contribution < 1.29 is 9.53 Å². The molecule has 1 aliphatic rings. The average Bonchev–Trinajstić information content (AvgIpc) is 2.58. The van der Waals surface area contributed by atoms with Gasteiger partial charge in [0, 0.05) is 17.5 Å². The summed E-state index contributed by atoms with van der Waals surface area (Å²) >= 11 is 5.54. The Morgan fingerprint density at radius 1 is 1.36 bits per heavy atom. The summed E-state index contributed by atoms with van der Waals surface area (Å²) in [6.07, 6.45) is 1.41. The van der Waals surface area contributed by atoms with Crippen LogP contribution in [0, 0.1) is 0 Å². The van der Waals surface area contributed by atoms with E-state index in [1.807, 2.05) is 18.2 Å². The quantitative estimate of drug-likeness (QED) is 0.717. The molecule has 0 saturated carbocycles. The van der Waals surface area contributed by atoms with Crippen LogP contribution in [-0.4, -0.2) is 18.3 Å². The van der Waals surface area contributed by atoms with Gasteiger partial charge in [0.15, 0.2) is 5.78 Å². The third-order valence-electron chi connectivity index (χ3n) is 2.37. The summed E-state index contributed by atoms with van der Waals surface area (Å²) in [6, 6.07) is 5.60. The van der Waals surface area contributed by atoms with Crippen molar-refractivity contribution in [2.45, 2.75) is 12.8 Å². The molecule has 1 aromatic carbocycles. The molecule has 0 fully saturated rings. The van der Waals surface area contributed by atoms with Crippen molar-refractivity contribution in [3.05, 3.63) is 29.3 Å². The Morgan fingerprint density at radius 2 is 2.21 bits per heavy atom. The van der Waals surface area contributed by atoms with Crippen LogP contribution in [0.15, 0.2) is 18.2 Å². The number of carbonyl (C=O) groups excluding carboxylic acids is 1. The lowest BCUT2D eigenvalue weighted by molar-refractivity contribution is 0.0994. The third-order valence-corrected chi connectivity index (χ3v) is 2.52. The summed E-state index contributed by atoms with van der Waals surface area (Å²) in [7, 11) is 0. The number of halogens is 1. The fourth-order valence-corrected chi connectivity index (χ4v) is 1.82. The molecule has 0 aromatic heterocycles. The number of hydrogen-bond acceptors (Lipinski definition) is 2. The van der Waals surface area contributed by atoms with E-state index >= 15 is 0 Å². The van der Waals surface area contributed by atoms with Gasteiger partial charge in [0.1, 0.15) is 12.4 Å². The van der Waals surface area contributed by atoms with Gasteiger partial charge >= 0.3 is 0 Å². The monoisotopic (exact) mass is 210 g/mol. The second-order valence-electron chi connectivity index (χ2n) is 3.24. The number of ketones is 1. The Morgan fingerprint density at radius 3 is 3.00 bits per heavy atom. The first kappa shape index (κ1) is 9.53. The minimum atomic E-state index is 0.219. The summed E-state index contributed by atoms with van der Waals surface area (Å²) in [5.41, 5.74) is 1.86. The molecule has 74 valence electrons. The molecule has 2 nitrogen and oxygen atoms in total. The predicted octanol–water partition coefficient (Wildman–Crippen LogP) is 2.43. The fourth-order valence-electron chi connectivity index (χ4n) is 1.74. The molecular weight excluding hydrogens is 200 g/mol. The molecule has 0 N–H and O–H groups in total. The van der Waals surface area contributed by atoms with Crippen molar-refractivity contribution in [2.75, 3.05) is 12.5 Å². The number of ether oxygens (including phenoxy) is 1. The minimum absolute atomic E-state index is 0.219. The van der Waals surface area contributed by atoms with Crippen LogP contribution in [0.5, 0.6) is 5.75 Å². The number of fused-ring (bicyclic) bond motifs is 1. The van der Waals surface area contributed by atoms with Gasteiger partial charge in [0.05, 0.1) is 5.88 Å². The molecule has 0 bridgehead atoms. The van der Waals surface area contributed by atoms with Crippen molar-refractivity contribution in [1.82, 2.24) is 0 Å². The Hall–Kier alpha value is -1.02. The molecule has 2 rings (SSSR count). The van der Waals surface area contributed by atoms with Gasteiger partial charge in [0.25, 0.3) is 0 Å². The highest BCUT2D eigenvalue weighted by Gasteiger charge is 2.22. The van der Waals surface area contributed by atoms with Crippen LogP contribution in [0.25, 0.3) is 0 Å². The first-order chi connectivity index (χ1) is 6.83. The van der Waals surface area contributed by atoms with E-state index < -0.39 is 0 Å². The SMILES string of the molecule is O=C1CCc2c(OCCCl)cccc21. The normalized spacial score (nSPS) is 14.2. The predicted molar refractivity (Wildman–Crippen MR) is 55.3 cm³/mol. The van der Waals surface area contributed by atoms with Gasteiger partial charge in [-0.25, -0.2) is 0 Å². The Balaban J connectivity index is 2.29. The van der Waals surface area contributed by atoms with Crippen molar-refractivity contribution in [2.24, 2.45) is 0 Å². The summed E-state index contributed by atoms with van der Waals surface area (Å²) in [6.45, 7) is 0.492. The number of carbonyl (C=O) groups is 1. The van der Waals surface area contributed by atoms with Crippen molar-refractivity contribution in [3.63, 3.8) is 0 Å². The van der Waals surface area contributed by atoms with Crippen LogP contribution in [0.1, 0.15) is 22.3 Å². The lowest BCUT2D eigenvalue weighted by Gasteiger charge is -2.08. The van der Waals surface area contributed by atoms with Crippen LogP contribution in [0.3, 0.4) is 0 Å². The van der Waals surface area contributed by atoms with Crippen LogP contribution in [-0.2, 0) is 6.42 Å². The molecule has 14 heavy (non-hydrogen) atoms. The van der Waals surface area contributed by atoms with E-state index in [1.165, 1.54) is 0 Å². The van der Waals surface area contributed by atoms with Crippen LogP contribution in [0.2, 0.25) is 0 Å². The van der Waals surface area contributed by atoms with Crippen molar-refractivity contribution in [3.8, 4) is 5.75 Å². The largest absolute Gasteiger partial charge is 0.492 e. The van der Waals surface area contributed by atoms with E-state index in [4.69, 9.17) is 16.3 Å². The molecule has 1 aliphatic carbocycles. The third kappa shape index (κ3) is 1.62. The lowest BCUT2D eigenvalue weighted by atomic mass is 10.1. The van der Waals surface area contributed by atoms with Gasteiger partial charge in [-0.2, -0.15) is 0 Å². The Kier molecular flexibility index (Phi) is 2.73. The number of rotatable bonds is 3. The van der Waals surface area contributed by atoms with Gasteiger partial charge in [0.2, 0.25) is 0 Å². The fraction of sp³-hybridized carbons (Fsp3) is 0.364. The molecule has 1 aromatic rings. The zero-order valence-electron chi connectivity index (χ0n) is 7.75. The molecule has 0 unspecified atom stereocenters. The number of benzene rings is 1. The molecule has 0 heterocycles. The van der Waals surface area contributed by atoms with Crippen LogP contribution >= 0.6 is 11.6 Å². The highest BCUT2D eigenvalue weighted by molar-refractivity contribution is 6.18. The second-order valence-corrected chi connectivity index (χ2v) is 3.62. The molecule has 0 spiro atoms. The van der Waals surface area contributed by atoms with E-state index in [2.05, 4.69) is 0 Å². The highest BCUT2D eigenvalue weighted by Crippen LogP contribution is 2.30. The maximum atomic E-state index is 11.4. The van der Waals surface area contributed by atoms with Crippen LogP contribution < -0.4 is 4.74 Å². The zero-order chi connectivity index (χ0) is 9.97. The average molecular weight is 211 g/mol. The van der Waals surface area contributed by atoms with Crippen LogP contribution in [0.4, 0.5) is 0 Å². The Bertz CT molecular complexity index is 360. The van der Waals surface area contributed by atoms with Gasteiger partial charge in [-0.15, -0.1) is 11.6 Å². The molecule has 0 saturated heterocycles. The first-order valence-electron chi connectivity index (χ1n) is 4.67. The molecule has 0 amide bonds. The summed E-state index contributed by atoms with van der Waals surface area (Å²) in [4.78, 5) is 11.4. The summed E-state index contributed by atoms with van der Waals surface area (Å²) in [5.74, 6) is 1.50. The van der Waals surface area contributed by atoms with E-state index in [-0.39, 0.29) is 5.78 Å². The van der Waals surface area contributed by atoms with Gasteiger partial charge in [-0.05, 0) is 12.5 Å². The topological polar surface area (TPSA) is 26.3 Å². The van der Waals surface area contributed by atoms with E-state index in [9.17, 15) is 4.79 Å². The van der Waals surface area contributed by atoms with Gasteiger partial charge in [-0.3, -0.25) is 4.79 Å². The minimum Gasteiger partial charge on any atom is -0.492 e. The maximum Gasteiger partial charge on any atom is 0.163 e. The highest BCUT2D eigenvalue weighted by atomic mass is 35.5. The molecule has 3 heteroatoms. The number of alkyl halides is 1. The lowest BCUT2D eigenvalue weighted by Crippen LogP contribution is -2.01. The van der Waals surface area contributed by atoms with E-state index in [0.717, 1.165) is 23.3 Å². The van der Waals surface area contributed by atoms with Gasteiger partial charge in [-0.1, -0.05) is 12.1 Å². The van der Waals surface area contributed by atoms with Crippen molar-refractivity contribution >= 4 is 17.4 Å². The Labute approximate surface area is 87.8 Å². The molecule has 0 aliphatic heterocycles. The number of hydrogen-bond donors (Lipinski definition) is 0. The standard InChI is InChI=1S/C11H11ClO2/c12-6-7-14-11-3-1-2-8-9(11)4-5-10(8)13/h1-3H,4-7H2. The van der Waals surface area contributed by atoms with E-state index in [0.29, 0.717) is 18.9 Å². The first-order valence-corrected chi connectivity index (χ1v) is 5.20. The summed E-state index contributed by atoms with van der Waals surface area (Å²) < 4.78 is 5.46. The molecule has 0 atom stereocenters. The maximum absolute atomic E-state index is 11.4. The van der Waals surface area contributed by atoms with Gasteiger partial charge < -0.3 is 4.74 Å².